The quantitative estimate of drug-likeness (QED) is 0.197. The summed E-state index contributed by atoms with van der Waals surface area (Å²) in [7, 11) is -5.02. The Morgan fingerprint density at radius 1 is 1.16 bits per heavy atom. The second-order valence-electron chi connectivity index (χ2n) is 11.4. The Balaban J connectivity index is 1.59. The summed E-state index contributed by atoms with van der Waals surface area (Å²) in [5.74, 6) is -3.35. The molecule has 1 aromatic carbocycles. The van der Waals surface area contributed by atoms with Crippen molar-refractivity contribution in [2.45, 2.75) is 69.8 Å². The monoisotopic (exact) mass is 650 g/mol. The van der Waals surface area contributed by atoms with E-state index in [2.05, 4.69) is 16.0 Å². The number of rotatable bonds is 13. The van der Waals surface area contributed by atoms with Crippen molar-refractivity contribution in [3.63, 3.8) is 0 Å². The summed E-state index contributed by atoms with van der Waals surface area (Å²) in [5, 5.41) is 17.4. The number of likely N-dealkylation sites (tertiary alicyclic amines) is 1. The second kappa shape index (κ2) is 14.6. The van der Waals surface area contributed by atoms with E-state index in [-0.39, 0.29) is 44.9 Å². The van der Waals surface area contributed by atoms with E-state index in [0.29, 0.717) is 18.5 Å². The molecule has 2 fully saturated rings. The number of hydrogen-bond acceptors (Lipinski definition) is 8. The maximum Gasteiger partial charge on any atom is 0.416 e. The molecule has 0 saturated carbocycles. The molecule has 2 unspecified atom stereocenters. The van der Waals surface area contributed by atoms with Crippen LogP contribution in [0.4, 0.5) is 18.0 Å². The fraction of sp³-hybridized carbons (Fsp3) is 0.630. The van der Waals surface area contributed by atoms with Gasteiger partial charge in [-0.2, -0.15) is 21.6 Å². The molecule has 5 N–H and O–H groups in total. The largest absolute Gasteiger partial charge is 0.449 e. The highest BCUT2D eigenvalue weighted by Gasteiger charge is 2.38. The zero-order valence-corrected chi connectivity index (χ0v) is 25.0. The van der Waals surface area contributed by atoms with Gasteiger partial charge in [0, 0.05) is 25.6 Å². The molecule has 1 aromatic rings. The summed E-state index contributed by atoms with van der Waals surface area (Å²) in [6.07, 6.45) is -5.21. The smallest absolute Gasteiger partial charge is 0.416 e. The first-order chi connectivity index (χ1) is 20.5. The van der Waals surface area contributed by atoms with E-state index in [4.69, 9.17) is 4.74 Å². The molecule has 4 amide bonds. The molecule has 0 radical (unpaired) electrons. The Morgan fingerprint density at radius 3 is 2.45 bits per heavy atom. The fourth-order valence-corrected chi connectivity index (χ4v) is 5.75. The molecular weight excluding hydrogens is 613 g/mol. The van der Waals surface area contributed by atoms with Gasteiger partial charge in [0.05, 0.1) is 17.5 Å². The number of carbonyl (C=O) groups is 4. The van der Waals surface area contributed by atoms with Gasteiger partial charge in [-0.1, -0.05) is 26.0 Å². The third kappa shape index (κ3) is 9.79. The standard InChI is InChI=1S/C27H37F3N4O9S/c1-15(2)10-20(23(36)32-21(25(38)44(40,41)42)12-17-6-8-31-22(17)35)33-26(39)43-14-18-7-9-34(24(18)37)13-16-4-3-5-19(11-16)27(28,29)30/h3-5,11,15,17-18,20-21,25,38H,6-10,12-14H2,1-2H3,(H,31,35)(H,32,36)(H,33,39)(H,40,41,42)/t17-,18?,20-,21-,25?/m0/s1. The normalized spacial score (nSPS) is 21.1. The molecule has 0 aliphatic carbocycles. The Hall–Kier alpha value is -3.44. The molecule has 0 aromatic heterocycles. The van der Waals surface area contributed by atoms with Crippen molar-refractivity contribution in [1.29, 1.82) is 0 Å². The van der Waals surface area contributed by atoms with E-state index in [1.54, 1.807) is 13.8 Å². The lowest BCUT2D eigenvalue weighted by atomic mass is 9.97. The second-order valence-corrected chi connectivity index (χ2v) is 12.9. The first-order valence-corrected chi connectivity index (χ1v) is 15.6. The minimum atomic E-state index is -5.02. The predicted molar refractivity (Wildman–Crippen MR) is 148 cm³/mol. The number of nitrogens with one attached hydrogen (secondary N) is 3. The van der Waals surface area contributed by atoms with Crippen molar-refractivity contribution < 1.29 is 55.2 Å². The molecule has 3 rings (SSSR count). The van der Waals surface area contributed by atoms with Gasteiger partial charge >= 0.3 is 12.3 Å². The average Bonchev–Trinajstić information content (AvgIpc) is 3.49. The zero-order valence-electron chi connectivity index (χ0n) is 24.2. The first kappa shape index (κ1) is 35.0. The molecule has 2 aliphatic rings. The van der Waals surface area contributed by atoms with Gasteiger partial charge in [-0.05, 0) is 49.3 Å². The van der Waals surface area contributed by atoms with Crippen molar-refractivity contribution >= 4 is 33.9 Å². The Kier molecular flexibility index (Phi) is 11.6. The zero-order chi connectivity index (χ0) is 32.8. The van der Waals surface area contributed by atoms with Crippen LogP contribution in [0.25, 0.3) is 0 Å². The van der Waals surface area contributed by atoms with Gasteiger partial charge in [-0.25, -0.2) is 4.79 Å². The average molecular weight is 651 g/mol. The highest BCUT2D eigenvalue weighted by Crippen LogP contribution is 2.30. The summed E-state index contributed by atoms with van der Waals surface area (Å²) < 4.78 is 76.9. The van der Waals surface area contributed by atoms with E-state index in [0.717, 1.165) is 12.1 Å². The lowest BCUT2D eigenvalue weighted by molar-refractivity contribution is -0.137. The summed E-state index contributed by atoms with van der Waals surface area (Å²) in [5.41, 5.74) is -2.97. The van der Waals surface area contributed by atoms with E-state index < -0.39 is 75.0 Å². The van der Waals surface area contributed by atoms with Crippen molar-refractivity contribution in [2.24, 2.45) is 17.8 Å². The topological polar surface area (TPSA) is 191 Å². The number of hydrogen-bond donors (Lipinski definition) is 5. The number of ether oxygens (including phenoxy) is 1. The van der Waals surface area contributed by atoms with Gasteiger partial charge in [0.25, 0.3) is 10.1 Å². The van der Waals surface area contributed by atoms with Crippen LogP contribution in [-0.4, -0.2) is 84.0 Å². The summed E-state index contributed by atoms with van der Waals surface area (Å²) in [6, 6.07) is 1.78. The SMILES string of the molecule is CC(C)C[C@H](NC(=O)OCC1CCN(Cc2cccc(C(F)(F)F)c2)C1=O)C(=O)N[C@@H](C[C@@H]1CCNC1=O)C(O)S(=O)(=O)O. The predicted octanol–water partition coefficient (Wildman–Crippen LogP) is 1.41. The molecule has 2 heterocycles. The van der Waals surface area contributed by atoms with Gasteiger partial charge in [0.2, 0.25) is 23.2 Å². The van der Waals surface area contributed by atoms with Gasteiger partial charge < -0.3 is 30.7 Å². The summed E-state index contributed by atoms with van der Waals surface area (Å²) in [6.45, 7) is 3.64. The number of carbonyl (C=O) groups excluding carboxylic acids is 4. The van der Waals surface area contributed by atoms with Crippen LogP contribution >= 0.6 is 0 Å². The molecule has 246 valence electrons. The van der Waals surface area contributed by atoms with Crippen LogP contribution in [0, 0.1) is 17.8 Å². The van der Waals surface area contributed by atoms with Crippen molar-refractivity contribution in [3.05, 3.63) is 35.4 Å². The molecule has 0 spiro atoms. The fourth-order valence-electron chi connectivity index (χ4n) is 5.16. The van der Waals surface area contributed by atoms with Crippen molar-refractivity contribution in [2.75, 3.05) is 19.7 Å². The number of aliphatic hydroxyl groups excluding tert-OH is 1. The van der Waals surface area contributed by atoms with E-state index in [1.807, 2.05) is 0 Å². The highest BCUT2D eigenvalue weighted by atomic mass is 32.2. The lowest BCUT2D eigenvalue weighted by Gasteiger charge is -2.27. The van der Waals surface area contributed by atoms with Crippen LogP contribution < -0.4 is 16.0 Å². The summed E-state index contributed by atoms with van der Waals surface area (Å²) in [4.78, 5) is 51.9. The molecule has 17 heteroatoms. The van der Waals surface area contributed by atoms with E-state index in [1.165, 1.54) is 17.0 Å². The number of alkyl halides is 3. The number of aliphatic hydroxyl groups is 1. The van der Waals surface area contributed by atoms with Crippen LogP contribution in [0.2, 0.25) is 0 Å². The van der Waals surface area contributed by atoms with Gasteiger partial charge in [-0.3, -0.25) is 18.9 Å². The minimum absolute atomic E-state index is 0.0544. The molecular formula is C27H37F3N4O9S. The number of nitrogens with zero attached hydrogens (tertiary/aromatic N) is 1. The Morgan fingerprint density at radius 2 is 1.86 bits per heavy atom. The highest BCUT2D eigenvalue weighted by molar-refractivity contribution is 7.86. The van der Waals surface area contributed by atoms with E-state index in [9.17, 15) is 50.4 Å². The first-order valence-electron chi connectivity index (χ1n) is 14.1. The Labute approximate surface area is 252 Å². The minimum Gasteiger partial charge on any atom is -0.449 e. The van der Waals surface area contributed by atoms with Crippen LogP contribution in [0.3, 0.4) is 0 Å². The molecule has 5 atom stereocenters. The van der Waals surface area contributed by atoms with Gasteiger partial charge in [0.15, 0.2) is 0 Å². The number of alkyl carbamates (subject to hydrolysis) is 1. The van der Waals surface area contributed by atoms with Gasteiger partial charge in [-0.15, -0.1) is 0 Å². The summed E-state index contributed by atoms with van der Waals surface area (Å²) >= 11 is 0. The number of benzene rings is 1. The molecule has 2 saturated heterocycles. The van der Waals surface area contributed by atoms with Crippen LogP contribution in [0.1, 0.15) is 50.7 Å². The molecule has 0 bridgehead atoms. The van der Waals surface area contributed by atoms with Crippen molar-refractivity contribution in [1.82, 2.24) is 20.9 Å². The molecule has 44 heavy (non-hydrogen) atoms. The number of halogens is 3. The maximum absolute atomic E-state index is 13.1. The Bertz CT molecular complexity index is 1330. The molecule has 2 aliphatic heterocycles. The maximum atomic E-state index is 13.1. The molecule has 13 nitrogen and oxygen atoms in total. The third-order valence-electron chi connectivity index (χ3n) is 7.45. The van der Waals surface area contributed by atoms with Crippen LogP contribution in [-0.2, 0) is 42.0 Å². The van der Waals surface area contributed by atoms with Gasteiger partial charge in [0.1, 0.15) is 12.6 Å². The lowest BCUT2D eigenvalue weighted by Crippen LogP contribution is -2.55. The van der Waals surface area contributed by atoms with Crippen LogP contribution in [0.5, 0.6) is 0 Å². The van der Waals surface area contributed by atoms with Crippen molar-refractivity contribution in [3.8, 4) is 0 Å². The number of amides is 4. The third-order valence-corrected chi connectivity index (χ3v) is 8.38. The van der Waals surface area contributed by atoms with E-state index >= 15 is 0 Å². The van der Waals surface area contributed by atoms with Crippen LogP contribution in [0.15, 0.2) is 24.3 Å².